The van der Waals surface area contributed by atoms with Crippen molar-refractivity contribution in [2.24, 2.45) is 0 Å². The summed E-state index contributed by atoms with van der Waals surface area (Å²) in [6.07, 6.45) is 0.987. The zero-order valence-electron chi connectivity index (χ0n) is 18.3. The van der Waals surface area contributed by atoms with E-state index in [2.05, 4.69) is 10.3 Å². The van der Waals surface area contributed by atoms with Crippen molar-refractivity contribution in [1.29, 1.82) is 0 Å². The van der Waals surface area contributed by atoms with E-state index in [1.807, 2.05) is 0 Å². The molecule has 1 aromatic carbocycles. The first-order chi connectivity index (χ1) is 15.5. The minimum atomic E-state index is -3.68. The third-order valence-corrected chi connectivity index (χ3v) is 6.03. The summed E-state index contributed by atoms with van der Waals surface area (Å²) in [5, 5.41) is 2.50. The number of hydrogen-bond donors (Lipinski definition) is 1. The highest BCUT2D eigenvalue weighted by molar-refractivity contribution is 7.90. The molecule has 0 radical (unpaired) electrons. The Morgan fingerprint density at radius 2 is 1.85 bits per heavy atom. The molecule has 1 N–H and O–H groups in total. The van der Waals surface area contributed by atoms with Gasteiger partial charge >= 0.3 is 0 Å². The molecule has 3 amide bonds. The molecule has 0 saturated carbocycles. The third-order valence-electron chi connectivity index (χ3n) is 4.79. The van der Waals surface area contributed by atoms with Crippen LogP contribution in [0.4, 0.5) is 5.69 Å². The number of pyridine rings is 1. The number of amides is 3. The molecule has 3 rings (SSSR count). The lowest BCUT2D eigenvalue weighted by Crippen LogP contribution is -2.38. The van der Waals surface area contributed by atoms with Gasteiger partial charge in [-0.2, -0.15) is 0 Å². The van der Waals surface area contributed by atoms with Crippen LogP contribution in [0, 0.1) is 0 Å². The number of imide groups is 1. The van der Waals surface area contributed by atoms with E-state index in [1.165, 1.54) is 38.3 Å². The van der Waals surface area contributed by atoms with Gasteiger partial charge in [0.05, 0.1) is 53.0 Å². The number of methoxy groups -OCH3 is 1. The lowest BCUT2D eigenvalue weighted by Gasteiger charge is -2.26. The Balaban J connectivity index is 2.17. The first-order valence-electron chi connectivity index (χ1n) is 9.81. The molecule has 1 aromatic heterocycles. The van der Waals surface area contributed by atoms with Crippen molar-refractivity contribution < 1.29 is 32.3 Å². The maximum Gasteiger partial charge on any atom is 0.264 e. The van der Waals surface area contributed by atoms with Gasteiger partial charge in [-0.15, -0.1) is 0 Å². The number of carbonyl (C=O) groups is 3. The molecule has 0 aliphatic carbocycles. The minimum absolute atomic E-state index is 0.00393. The van der Waals surface area contributed by atoms with Gasteiger partial charge in [-0.25, -0.2) is 13.4 Å². The summed E-state index contributed by atoms with van der Waals surface area (Å²) < 4.78 is 35.2. The number of sulfone groups is 1. The van der Waals surface area contributed by atoms with Crippen LogP contribution in [-0.4, -0.2) is 61.7 Å². The van der Waals surface area contributed by atoms with Gasteiger partial charge in [0.2, 0.25) is 5.91 Å². The average molecular weight is 496 g/mol. The standard InChI is InChI=1S/C21H22ClN3O7S/c1-5-32-19-16(31-3)9-8-13(24-19)15(10-33(4,29)30)25-20(27)17-12(22)6-7-14(23-11(2)26)18(17)21(25)28/h6-9,15H,5,10H2,1-4H3,(H,23,26)/t15-/m1/s1. The van der Waals surface area contributed by atoms with Crippen LogP contribution in [-0.2, 0) is 14.6 Å². The summed E-state index contributed by atoms with van der Waals surface area (Å²) in [5.74, 6) is -2.25. The van der Waals surface area contributed by atoms with Crippen molar-refractivity contribution in [1.82, 2.24) is 9.88 Å². The van der Waals surface area contributed by atoms with Gasteiger partial charge in [0.25, 0.3) is 17.7 Å². The van der Waals surface area contributed by atoms with Crippen molar-refractivity contribution in [3.63, 3.8) is 0 Å². The number of nitrogens with one attached hydrogen (secondary N) is 1. The molecule has 0 bridgehead atoms. The minimum Gasteiger partial charge on any atom is -0.491 e. The molecule has 10 nitrogen and oxygen atoms in total. The molecule has 0 saturated heterocycles. The lowest BCUT2D eigenvalue weighted by molar-refractivity contribution is -0.114. The second-order valence-electron chi connectivity index (χ2n) is 7.29. The maximum absolute atomic E-state index is 13.4. The van der Waals surface area contributed by atoms with Crippen molar-refractivity contribution in [3.05, 3.63) is 46.1 Å². The summed E-state index contributed by atoms with van der Waals surface area (Å²) in [6, 6.07) is 4.47. The molecular weight excluding hydrogens is 474 g/mol. The predicted molar refractivity (Wildman–Crippen MR) is 121 cm³/mol. The second-order valence-corrected chi connectivity index (χ2v) is 9.88. The largest absolute Gasteiger partial charge is 0.491 e. The highest BCUT2D eigenvalue weighted by Gasteiger charge is 2.45. The van der Waals surface area contributed by atoms with Gasteiger partial charge in [0.15, 0.2) is 5.75 Å². The molecule has 33 heavy (non-hydrogen) atoms. The molecule has 0 unspecified atom stereocenters. The van der Waals surface area contributed by atoms with E-state index >= 15 is 0 Å². The SMILES string of the molecule is CCOc1nc([C@@H](CS(C)(=O)=O)N2C(=O)c3c(Cl)ccc(NC(C)=O)c3C2=O)ccc1OC. The number of halogens is 1. The van der Waals surface area contributed by atoms with Gasteiger partial charge in [-0.3, -0.25) is 19.3 Å². The van der Waals surface area contributed by atoms with Crippen LogP contribution in [0.2, 0.25) is 5.02 Å². The fourth-order valence-electron chi connectivity index (χ4n) is 3.52. The van der Waals surface area contributed by atoms with E-state index < -0.39 is 39.4 Å². The number of benzene rings is 1. The van der Waals surface area contributed by atoms with Crippen molar-refractivity contribution in [3.8, 4) is 11.6 Å². The first kappa shape index (κ1) is 24.5. The molecule has 0 spiro atoms. The fraction of sp³-hybridized carbons (Fsp3) is 0.333. The van der Waals surface area contributed by atoms with Gasteiger partial charge in [0.1, 0.15) is 9.84 Å². The summed E-state index contributed by atoms with van der Waals surface area (Å²) >= 11 is 6.21. The molecule has 1 atom stereocenters. The quantitative estimate of drug-likeness (QED) is 0.552. The van der Waals surface area contributed by atoms with Gasteiger partial charge in [0, 0.05) is 13.2 Å². The Hall–Kier alpha value is -3.18. The summed E-state index contributed by atoms with van der Waals surface area (Å²) in [5.41, 5.74) is -0.0281. The normalized spacial score (nSPS) is 14.2. The van der Waals surface area contributed by atoms with E-state index in [0.29, 0.717) is 5.75 Å². The smallest absolute Gasteiger partial charge is 0.264 e. The van der Waals surface area contributed by atoms with Crippen molar-refractivity contribution >= 4 is 44.8 Å². The Bertz CT molecular complexity index is 1250. The number of carbonyl (C=O) groups excluding carboxylic acids is 3. The van der Waals surface area contributed by atoms with E-state index in [9.17, 15) is 22.8 Å². The van der Waals surface area contributed by atoms with E-state index in [0.717, 1.165) is 11.2 Å². The topological polar surface area (TPSA) is 132 Å². The summed E-state index contributed by atoms with van der Waals surface area (Å²) in [4.78, 5) is 43.5. The molecule has 176 valence electrons. The first-order valence-corrected chi connectivity index (χ1v) is 12.3. The molecule has 12 heteroatoms. The monoisotopic (exact) mass is 495 g/mol. The average Bonchev–Trinajstić information content (AvgIpc) is 2.99. The van der Waals surface area contributed by atoms with Crippen LogP contribution < -0.4 is 14.8 Å². The second kappa shape index (κ2) is 9.36. The summed E-state index contributed by atoms with van der Waals surface area (Å²) in [6.45, 7) is 3.24. The Morgan fingerprint density at radius 3 is 2.42 bits per heavy atom. The van der Waals surface area contributed by atoms with Crippen LogP contribution in [0.1, 0.15) is 46.3 Å². The zero-order valence-corrected chi connectivity index (χ0v) is 19.9. The molecular formula is C21H22ClN3O7S. The van der Waals surface area contributed by atoms with E-state index in [4.69, 9.17) is 21.1 Å². The van der Waals surface area contributed by atoms with Crippen LogP contribution in [0.3, 0.4) is 0 Å². The Morgan fingerprint density at radius 1 is 1.18 bits per heavy atom. The molecule has 2 aromatic rings. The highest BCUT2D eigenvalue weighted by atomic mass is 35.5. The number of ether oxygens (including phenoxy) is 2. The third kappa shape index (κ3) is 4.93. The van der Waals surface area contributed by atoms with Crippen molar-refractivity contribution in [2.45, 2.75) is 19.9 Å². The number of fused-ring (bicyclic) bond motifs is 1. The molecule has 0 fully saturated rings. The Kier molecular flexibility index (Phi) is 6.94. The van der Waals surface area contributed by atoms with Crippen LogP contribution >= 0.6 is 11.6 Å². The van der Waals surface area contributed by atoms with E-state index in [-0.39, 0.29) is 40.0 Å². The fourth-order valence-corrected chi connectivity index (χ4v) is 4.65. The maximum atomic E-state index is 13.4. The molecule has 1 aliphatic heterocycles. The number of hydrogen-bond acceptors (Lipinski definition) is 8. The lowest BCUT2D eigenvalue weighted by atomic mass is 10.1. The Labute approximate surface area is 195 Å². The number of rotatable bonds is 8. The number of anilines is 1. The number of aromatic nitrogens is 1. The van der Waals surface area contributed by atoms with Crippen LogP contribution in [0.25, 0.3) is 0 Å². The molecule has 1 aliphatic rings. The zero-order chi connectivity index (χ0) is 24.5. The van der Waals surface area contributed by atoms with Crippen LogP contribution in [0.5, 0.6) is 11.6 Å². The highest BCUT2D eigenvalue weighted by Crippen LogP contribution is 2.39. The predicted octanol–water partition coefficient (Wildman–Crippen LogP) is 2.48. The number of nitrogens with zero attached hydrogens (tertiary/aromatic N) is 2. The summed E-state index contributed by atoms with van der Waals surface area (Å²) in [7, 11) is -2.26. The van der Waals surface area contributed by atoms with Crippen LogP contribution in [0.15, 0.2) is 24.3 Å². The van der Waals surface area contributed by atoms with Gasteiger partial charge < -0.3 is 14.8 Å². The molecule has 2 heterocycles. The van der Waals surface area contributed by atoms with Gasteiger partial charge in [-0.05, 0) is 31.2 Å². The van der Waals surface area contributed by atoms with E-state index in [1.54, 1.807) is 6.92 Å². The van der Waals surface area contributed by atoms with Gasteiger partial charge in [-0.1, -0.05) is 11.6 Å². The van der Waals surface area contributed by atoms with Crippen molar-refractivity contribution in [2.75, 3.05) is 31.0 Å².